The highest BCUT2D eigenvalue weighted by atomic mass is 19.1. The second-order valence-corrected chi connectivity index (χ2v) is 9.16. The number of pyridine rings is 1. The topological polar surface area (TPSA) is 120 Å². The van der Waals surface area contributed by atoms with Crippen molar-refractivity contribution in [3.8, 4) is 17.2 Å². The van der Waals surface area contributed by atoms with E-state index in [2.05, 4.69) is 9.88 Å². The van der Waals surface area contributed by atoms with Crippen molar-refractivity contribution in [3.63, 3.8) is 0 Å². The van der Waals surface area contributed by atoms with E-state index in [1.807, 2.05) is 0 Å². The van der Waals surface area contributed by atoms with Gasteiger partial charge in [-0.15, -0.1) is 0 Å². The predicted molar refractivity (Wildman–Crippen MR) is 129 cm³/mol. The van der Waals surface area contributed by atoms with Gasteiger partial charge in [-0.25, -0.2) is 8.78 Å². The number of hydrogen-bond acceptors (Lipinski definition) is 7. The maximum atomic E-state index is 14.1. The van der Waals surface area contributed by atoms with E-state index >= 15 is 0 Å². The summed E-state index contributed by atoms with van der Waals surface area (Å²) in [6, 6.07) is 10.1. The van der Waals surface area contributed by atoms with Gasteiger partial charge >= 0.3 is 0 Å². The first-order valence-corrected chi connectivity index (χ1v) is 11.6. The summed E-state index contributed by atoms with van der Waals surface area (Å²) >= 11 is 0. The second kappa shape index (κ2) is 9.13. The van der Waals surface area contributed by atoms with Crippen molar-refractivity contribution in [3.05, 3.63) is 71.1 Å². The lowest BCUT2D eigenvalue weighted by Crippen LogP contribution is -2.40. The normalized spacial score (nSPS) is 19.2. The fourth-order valence-corrected chi connectivity index (χ4v) is 4.98. The number of rotatable bonds is 3. The minimum absolute atomic E-state index is 0.0507. The fraction of sp³-hybridized carbons (Fsp3) is 0.259. The Balaban J connectivity index is 1.71. The molecule has 0 bridgehead atoms. The first-order valence-electron chi connectivity index (χ1n) is 11.6. The van der Waals surface area contributed by atoms with E-state index in [0.29, 0.717) is 46.4 Å². The molecule has 2 aromatic carbocycles. The Labute approximate surface area is 205 Å². The quantitative estimate of drug-likeness (QED) is 0.570. The predicted octanol–water partition coefficient (Wildman–Crippen LogP) is 4.07. The van der Waals surface area contributed by atoms with E-state index < -0.39 is 40.5 Å². The van der Waals surface area contributed by atoms with Crippen LogP contribution in [-0.4, -0.2) is 40.8 Å². The Hall–Kier alpha value is -4.16. The molecule has 1 aromatic heterocycles. The van der Waals surface area contributed by atoms with Crippen LogP contribution in [-0.2, 0) is 9.59 Å². The lowest BCUT2D eigenvalue weighted by molar-refractivity contribution is -0.125. The molecular weight excluding hydrogens is 466 g/mol. The van der Waals surface area contributed by atoms with Gasteiger partial charge in [0.25, 0.3) is 0 Å². The molecule has 0 spiro atoms. The SMILES string of the molecule is N#CC1=C(O)C(=O)CC(c2ccc3ncc(-c4cc(F)cc(F)c4)c(N4CCC(N)CC4)c3c2)C1=O. The molecule has 0 amide bonds. The third kappa shape index (κ3) is 4.10. The van der Waals surface area contributed by atoms with Crippen molar-refractivity contribution >= 4 is 28.2 Å². The average molecular weight is 488 g/mol. The van der Waals surface area contributed by atoms with Gasteiger partial charge in [-0.3, -0.25) is 14.6 Å². The zero-order valence-corrected chi connectivity index (χ0v) is 19.2. The number of fused-ring (bicyclic) bond motifs is 1. The summed E-state index contributed by atoms with van der Waals surface area (Å²) in [5, 5.41) is 19.8. The lowest BCUT2D eigenvalue weighted by atomic mass is 9.81. The number of aliphatic hydroxyl groups excluding tert-OH is 1. The van der Waals surface area contributed by atoms with Crippen molar-refractivity contribution in [2.75, 3.05) is 18.0 Å². The van der Waals surface area contributed by atoms with E-state index in [4.69, 9.17) is 5.73 Å². The van der Waals surface area contributed by atoms with Gasteiger partial charge in [-0.1, -0.05) is 6.07 Å². The summed E-state index contributed by atoms with van der Waals surface area (Å²) in [5.41, 5.74) is 8.18. The summed E-state index contributed by atoms with van der Waals surface area (Å²) in [4.78, 5) is 31.8. The van der Waals surface area contributed by atoms with Crippen LogP contribution in [0.4, 0.5) is 14.5 Å². The number of carbonyl (C=O) groups is 2. The van der Waals surface area contributed by atoms with Gasteiger partial charge in [0.05, 0.1) is 17.1 Å². The minimum atomic E-state index is -0.939. The number of anilines is 1. The number of nitrogens with two attached hydrogens (primary N) is 1. The first-order chi connectivity index (χ1) is 17.3. The molecule has 2 heterocycles. The number of carbonyl (C=O) groups excluding carboxylic acids is 2. The van der Waals surface area contributed by atoms with Gasteiger partial charge in [0.1, 0.15) is 23.3 Å². The number of benzene rings is 2. The molecule has 1 aliphatic carbocycles. The molecule has 7 nitrogen and oxygen atoms in total. The molecule has 0 radical (unpaired) electrons. The lowest BCUT2D eigenvalue weighted by Gasteiger charge is -2.34. The largest absolute Gasteiger partial charge is 0.503 e. The third-order valence-electron chi connectivity index (χ3n) is 6.86. The number of aromatic nitrogens is 1. The van der Waals surface area contributed by atoms with E-state index in [9.17, 15) is 28.7 Å². The molecule has 9 heteroatoms. The Morgan fingerprint density at radius 1 is 1.08 bits per heavy atom. The van der Waals surface area contributed by atoms with Gasteiger partial charge in [0.2, 0.25) is 0 Å². The number of Topliss-reactive ketones (excluding diaryl/α,β-unsaturated/α-hetero) is 2. The van der Waals surface area contributed by atoms with Crippen molar-refractivity contribution < 1.29 is 23.5 Å². The average Bonchev–Trinajstić information content (AvgIpc) is 2.85. The molecule has 1 saturated heterocycles. The Kier molecular flexibility index (Phi) is 5.98. The molecular formula is C27H22F2N4O3. The third-order valence-corrected chi connectivity index (χ3v) is 6.86. The van der Waals surface area contributed by atoms with Gasteiger partial charge in [-0.05, 0) is 48.2 Å². The van der Waals surface area contributed by atoms with Crippen LogP contribution in [0.2, 0.25) is 0 Å². The molecule has 1 fully saturated rings. The molecule has 182 valence electrons. The number of nitrogens with zero attached hydrogens (tertiary/aromatic N) is 3. The number of allylic oxidation sites excluding steroid dienone is 2. The Morgan fingerprint density at radius 2 is 1.78 bits per heavy atom. The maximum Gasteiger partial charge on any atom is 0.199 e. The molecule has 36 heavy (non-hydrogen) atoms. The first kappa shape index (κ1) is 23.6. The van der Waals surface area contributed by atoms with Crippen LogP contribution in [0.1, 0.15) is 30.7 Å². The highest BCUT2D eigenvalue weighted by Gasteiger charge is 2.36. The van der Waals surface area contributed by atoms with Crippen molar-refractivity contribution in [1.82, 2.24) is 4.98 Å². The second-order valence-electron chi connectivity index (χ2n) is 9.16. The Morgan fingerprint density at radius 3 is 2.44 bits per heavy atom. The molecule has 5 rings (SSSR count). The molecule has 1 unspecified atom stereocenters. The number of hydrogen-bond donors (Lipinski definition) is 2. The van der Waals surface area contributed by atoms with Crippen molar-refractivity contribution in [2.24, 2.45) is 5.73 Å². The highest BCUT2D eigenvalue weighted by molar-refractivity contribution is 6.16. The van der Waals surface area contributed by atoms with Crippen LogP contribution in [0.15, 0.2) is 53.9 Å². The molecule has 1 atom stereocenters. The van der Waals surface area contributed by atoms with Gasteiger partial charge in [-0.2, -0.15) is 5.26 Å². The molecule has 1 aliphatic heterocycles. The number of piperidine rings is 1. The number of halogens is 2. The standard InChI is InChI=1S/C27H22F2N4O3/c28-16-7-15(8-17(29)10-16)22-13-32-23-2-1-14(19-11-24(34)27(36)21(12-30)26(19)35)9-20(23)25(22)33-5-3-18(31)4-6-33/h1-2,7-10,13,18-19,36H,3-6,11,31H2. The van der Waals surface area contributed by atoms with Crippen molar-refractivity contribution in [1.29, 1.82) is 5.26 Å². The maximum absolute atomic E-state index is 14.1. The van der Waals surface area contributed by atoms with E-state index in [1.54, 1.807) is 30.5 Å². The van der Waals surface area contributed by atoms with Crippen molar-refractivity contribution in [2.45, 2.75) is 31.2 Å². The zero-order valence-electron chi connectivity index (χ0n) is 19.2. The molecule has 2 aliphatic rings. The van der Waals surface area contributed by atoms with E-state index in [1.165, 1.54) is 12.1 Å². The molecule has 3 N–H and O–H groups in total. The monoisotopic (exact) mass is 488 g/mol. The summed E-state index contributed by atoms with van der Waals surface area (Å²) in [7, 11) is 0. The fourth-order valence-electron chi connectivity index (χ4n) is 4.98. The van der Waals surface area contributed by atoms with Crippen LogP contribution in [0, 0.1) is 23.0 Å². The van der Waals surface area contributed by atoms with Crippen LogP contribution >= 0.6 is 0 Å². The Bertz CT molecular complexity index is 1470. The van der Waals surface area contributed by atoms with Crippen LogP contribution in [0.3, 0.4) is 0 Å². The summed E-state index contributed by atoms with van der Waals surface area (Å²) in [5.74, 6) is -4.48. The van der Waals surface area contributed by atoms with E-state index in [-0.39, 0.29) is 12.5 Å². The summed E-state index contributed by atoms with van der Waals surface area (Å²) in [6.45, 7) is 1.23. The molecule has 0 saturated carbocycles. The van der Waals surface area contributed by atoms with Gasteiger partial charge in [0.15, 0.2) is 17.3 Å². The molecule has 3 aromatic rings. The minimum Gasteiger partial charge on any atom is -0.503 e. The number of nitriles is 1. The van der Waals surface area contributed by atoms with E-state index in [0.717, 1.165) is 18.9 Å². The van der Waals surface area contributed by atoms with Crippen LogP contribution in [0.5, 0.6) is 0 Å². The van der Waals surface area contributed by atoms with Gasteiger partial charge < -0.3 is 15.7 Å². The smallest absolute Gasteiger partial charge is 0.199 e. The van der Waals surface area contributed by atoms with Crippen LogP contribution in [0.25, 0.3) is 22.0 Å². The van der Waals surface area contributed by atoms with Gasteiger partial charge in [0, 0.05) is 48.8 Å². The zero-order chi connectivity index (χ0) is 25.6. The number of aliphatic hydroxyl groups is 1. The summed E-state index contributed by atoms with van der Waals surface area (Å²) < 4.78 is 28.3. The van der Waals surface area contributed by atoms with Crippen LogP contribution < -0.4 is 10.6 Å². The number of ketones is 2. The highest BCUT2D eigenvalue weighted by Crippen LogP contribution is 2.40. The summed E-state index contributed by atoms with van der Waals surface area (Å²) in [6.07, 6.45) is 2.76.